The molecule has 1 amide bonds. The molecule has 1 unspecified atom stereocenters. The number of esters is 1. The van der Waals surface area contributed by atoms with E-state index in [2.05, 4.69) is 5.32 Å². The average molecular weight is 284 g/mol. The van der Waals surface area contributed by atoms with Crippen LogP contribution in [0.3, 0.4) is 0 Å². The molecular formula is C13H20N2O3S. The topological polar surface area (TPSA) is 81.4 Å². The van der Waals surface area contributed by atoms with Gasteiger partial charge in [0.05, 0.1) is 12.2 Å². The lowest BCUT2D eigenvalue weighted by Crippen LogP contribution is -2.27. The monoisotopic (exact) mass is 284 g/mol. The molecule has 19 heavy (non-hydrogen) atoms. The summed E-state index contributed by atoms with van der Waals surface area (Å²) in [4.78, 5) is 24.8. The Bertz CT molecular complexity index is 482. The quantitative estimate of drug-likeness (QED) is 0.811. The molecule has 0 saturated carbocycles. The van der Waals surface area contributed by atoms with E-state index in [0.29, 0.717) is 17.2 Å². The number of nitrogens with two attached hydrogens (primary N) is 1. The van der Waals surface area contributed by atoms with Gasteiger partial charge >= 0.3 is 5.97 Å². The molecule has 1 heterocycles. The number of aryl methyl sites for hydroxylation is 1. The second kappa shape index (κ2) is 6.68. The lowest BCUT2D eigenvalue weighted by Gasteiger charge is -2.10. The number of rotatable bonds is 5. The first-order valence-corrected chi connectivity index (χ1v) is 7.02. The fraction of sp³-hybridized carbons (Fsp3) is 0.538. The van der Waals surface area contributed by atoms with Gasteiger partial charge in [0.25, 0.3) is 0 Å². The summed E-state index contributed by atoms with van der Waals surface area (Å²) in [6.07, 6.45) is 0. The highest BCUT2D eigenvalue weighted by atomic mass is 32.1. The Morgan fingerprint density at radius 1 is 1.42 bits per heavy atom. The van der Waals surface area contributed by atoms with Gasteiger partial charge in [-0.2, -0.15) is 0 Å². The molecular weight excluding hydrogens is 264 g/mol. The molecule has 0 aliphatic carbocycles. The van der Waals surface area contributed by atoms with Crippen LogP contribution < -0.4 is 11.1 Å². The van der Waals surface area contributed by atoms with Crippen LogP contribution in [0.5, 0.6) is 0 Å². The minimum atomic E-state index is -0.403. The van der Waals surface area contributed by atoms with Crippen LogP contribution in [0.2, 0.25) is 0 Å². The summed E-state index contributed by atoms with van der Waals surface area (Å²) < 4.78 is 5.02. The van der Waals surface area contributed by atoms with Crippen LogP contribution in [0.15, 0.2) is 0 Å². The highest BCUT2D eigenvalue weighted by molar-refractivity contribution is 7.16. The second-order valence-corrected chi connectivity index (χ2v) is 5.56. The van der Waals surface area contributed by atoms with E-state index in [4.69, 9.17) is 10.5 Å². The van der Waals surface area contributed by atoms with Crippen LogP contribution >= 0.6 is 11.3 Å². The molecule has 106 valence electrons. The lowest BCUT2D eigenvalue weighted by molar-refractivity contribution is -0.119. The molecule has 5 nitrogen and oxygen atoms in total. The number of thiophene rings is 1. The third-order valence-corrected chi connectivity index (χ3v) is 4.03. The summed E-state index contributed by atoms with van der Waals surface area (Å²) in [7, 11) is 0. The third-order valence-electron chi connectivity index (χ3n) is 2.90. The predicted molar refractivity (Wildman–Crippen MR) is 76.6 cm³/mol. The summed E-state index contributed by atoms with van der Waals surface area (Å²) in [6.45, 7) is 7.82. The maximum atomic E-state index is 11.9. The highest BCUT2D eigenvalue weighted by Gasteiger charge is 2.23. The van der Waals surface area contributed by atoms with Gasteiger partial charge in [-0.25, -0.2) is 4.79 Å². The molecule has 0 aromatic carbocycles. The van der Waals surface area contributed by atoms with E-state index in [1.54, 1.807) is 13.8 Å². The van der Waals surface area contributed by atoms with E-state index in [1.165, 1.54) is 11.3 Å². The average Bonchev–Trinajstić information content (AvgIpc) is 2.64. The Balaban J connectivity index is 3.04. The number of ether oxygens (including phenoxy) is 1. The van der Waals surface area contributed by atoms with Crippen molar-refractivity contribution in [1.82, 2.24) is 0 Å². The molecule has 1 aromatic heterocycles. The first kappa shape index (κ1) is 15.7. The van der Waals surface area contributed by atoms with Crippen molar-refractivity contribution >= 4 is 28.2 Å². The fourth-order valence-corrected chi connectivity index (χ4v) is 2.56. The minimum absolute atomic E-state index is 0.186. The van der Waals surface area contributed by atoms with Gasteiger partial charge in [-0.1, -0.05) is 6.92 Å². The largest absolute Gasteiger partial charge is 0.462 e. The van der Waals surface area contributed by atoms with E-state index in [1.807, 2.05) is 13.8 Å². The number of nitrogens with one attached hydrogen (secondary N) is 1. The van der Waals surface area contributed by atoms with Gasteiger partial charge in [0.2, 0.25) is 5.91 Å². The smallest absolute Gasteiger partial charge is 0.341 e. The zero-order valence-corrected chi connectivity index (χ0v) is 12.5. The van der Waals surface area contributed by atoms with Crippen LogP contribution in [0.4, 0.5) is 5.00 Å². The molecule has 1 rings (SSSR count). The number of amides is 1. The van der Waals surface area contributed by atoms with Crippen LogP contribution in [0.1, 0.15) is 34.6 Å². The highest BCUT2D eigenvalue weighted by Crippen LogP contribution is 2.33. The summed E-state index contributed by atoms with van der Waals surface area (Å²) in [6, 6.07) is 0. The molecule has 0 spiro atoms. The summed E-state index contributed by atoms with van der Waals surface area (Å²) in [5.74, 6) is -0.882. The van der Waals surface area contributed by atoms with Gasteiger partial charge in [-0.15, -0.1) is 11.3 Å². The summed E-state index contributed by atoms with van der Waals surface area (Å²) in [5, 5.41) is 3.30. The molecule has 3 N–H and O–H groups in total. The Kier molecular flexibility index (Phi) is 5.50. The Morgan fingerprint density at radius 2 is 2.05 bits per heavy atom. The SMILES string of the molecule is CCOC(=O)c1c(NC(=O)C(C)CN)sc(C)c1C. The predicted octanol–water partition coefficient (Wildman–Crippen LogP) is 2.07. The van der Waals surface area contributed by atoms with Crippen molar-refractivity contribution in [2.24, 2.45) is 11.7 Å². The van der Waals surface area contributed by atoms with Gasteiger partial charge in [0.15, 0.2) is 0 Å². The first-order chi connectivity index (χ1) is 8.92. The van der Waals surface area contributed by atoms with Crippen molar-refractivity contribution in [2.45, 2.75) is 27.7 Å². The third kappa shape index (κ3) is 3.54. The Morgan fingerprint density at radius 3 is 2.58 bits per heavy atom. The van der Waals surface area contributed by atoms with Crippen molar-refractivity contribution in [3.63, 3.8) is 0 Å². The molecule has 1 atom stereocenters. The second-order valence-electron chi connectivity index (χ2n) is 4.33. The number of anilines is 1. The molecule has 0 radical (unpaired) electrons. The van der Waals surface area contributed by atoms with Crippen molar-refractivity contribution < 1.29 is 14.3 Å². The maximum absolute atomic E-state index is 11.9. The number of carbonyl (C=O) groups is 2. The number of carbonyl (C=O) groups excluding carboxylic acids is 2. The molecule has 1 aromatic rings. The van der Waals surface area contributed by atoms with Gasteiger partial charge in [-0.05, 0) is 26.3 Å². The molecule has 6 heteroatoms. The van der Waals surface area contributed by atoms with E-state index >= 15 is 0 Å². The van der Waals surface area contributed by atoms with Crippen molar-refractivity contribution in [3.8, 4) is 0 Å². The van der Waals surface area contributed by atoms with Gasteiger partial charge < -0.3 is 15.8 Å². The Labute approximate surface area is 117 Å². The zero-order valence-electron chi connectivity index (χ0n) is 11.7. The van der Waals surface area contributed by atoms with Crippen LogP contribution in [0, 0.1) is 19.8 Å². The van der Waals surface area contributed by atoms with Gasteiger partial charge in [0, 0.05) is 17.3 Å². The van der Waals surface area contributed by atoms with Gasteiger partial charge in [0.1, 0.15) is 5.00 Å². The molecule has 0 saturated heterocycles. The van der Waals surface area contributed by atoms with Crippen LogP contribution in [-0.4, -0.2) is 25.0 Å². The van der Waals surface area contributed by atoms with Crippen molar-refractivity contribution in [1.29, 1.82) is 0 Å². The number of hydrogen-bond donors (Lipinski definition) is 2. The van der Waals surface area contributed by atoms with Gasteiger partial charge in [-0.3, -0.25) is 4.79 Å². The van der Waals surface area contributed by atoms with E-state index in [9.17, 15) is 9.59 Å². The molecule has 0 fully saturated rings. The van der Waals surface area contributed by atoms with Crippen molar-refractivity contribution in [3.05, 3.63) is 16.0 Å². The molecule has 0 aliphatic rings. The standard InChI is InChI=1S/C13H20N2O3S/c1-5-18-13(17)10-8(3)9(4)19-12(10)15-11(16)7(2)6-14/h7H,5-6,14H2,1-4H3,(H,15,16). The minimum Gasteiger partial charge on any atom is -0.462 e. The van der Waals surface area contributed by atoms with Crippen molar-refractivity contribution in [2.75, 3.05) is 18.5 Å². The summed E-state index contributed by atoms with van der Waals surface area (Å²) in [5.41, 5.74) is 6.75. The Hall–Kier alpha value is -1.40. The normalized spacial score (nSPS) is 12.1. The van der Waals surface area contributed by atoms with Crippen LogP contribution in [0.25, 0.3) is 0 Å². The van der Waals surface area contributed by atoms with E-state index in [0.717, 1.165) is 10.4 Å². The summed E-state index contributed by atoms with van der Waals surface area (Å²) >= 11 is 1.38. The zero-order chi connectivity index (χ0) is 14.6. The first-order valence-electron chi connectivity index (χ1n) is 6.20. The number of hydrogen-bond acceptors (Lipinski definition) is 5. The fourth-order valence-electron chi connectivity index (χ4n) is 1.51. The van der Waals surface area contributed by atoms with Crippen LogP contribution in [-0.2, 0) is 9.53 Å². The maximum Gasteiger partial charge on any atom is 0.341 e. The van der Waals surface area contributed by atoms with E-state index < -0.39 is 5.97 Å². The molecule has 0 bridgehead atoms. The lowest BCUT2D eigenvalue weighted by atomic mass is 10.1. The van der Waals surface area contributed by atoms with E-state index in [-0.39, 0.29) is 18.4 Å². The molecule has 0 aliphatic heterocycles.